The fraction of sp³-hybridized carbons (Fsp3) is 0.222. The molecule has 0 aliphatic carbocycles. The van der Waals surface area contributed by atoms with Crippen LogP contribution in [-0.2, 0) is 9.59 Å². The summed E-state index contributed by atoms with van der Waals surface area (Å²) in [6.45, 7) is 0. The smallest absolute Gasteiger partial charge is 0.239 e. The summed E-state index contributed by atoms with van der Waals surface area (Å²) >= 11 is 0. The molecule has 0 aromatic heterocycles. The van der Waals surface area contributed by atoms with Gasteiger partial charge in [-0.1, -0.05) is 18.2 Å². The zero-order chi connectivity index (χ0) is 18.3. The Balaban J connectivity index is 1.67. The molecule has 26 heavy (non-hydrogen) atoms. The van der Waals surface area contributed by atoms with Crippen LogP contribution in [-0.4, -0.2) is 11.8 Å². The lowest BCUT2D eigenvalue weighted by molar-refractivity contribution is -0.123. The van der Waals surface area contributed by atoms with Crippen molar-refractivity contribution in [2.75, 3.05) is 4.90 Å². The number of imide groups is 1. The third-order valence-corrected chi connectivity index (χ3v) is 5.45. The molecule has 4 atom stereocenters. The Bertz CT molecular complexity index is 936. The van der Waals surface area contributed by atoms with Crippen LogP contribution in [0.15, 0.2) is 30.3 Å². The van der Waals surface area contributed by atoms with Crippen molar-refractivity contribution in [3.63, 3.8) is 0 Å². The number of carbonyl (C=O) groups is 2. The number of carbonyl (C=O) groups excluding carboxylic acids is 2. The quantitative estimate of drug-likeness (QED) is 0.367. The lowest BCUT2D eigenvalue weighted by Gasteiger charge is -2.23. The van der Waals surface area contributed by atoms with E-state index in [0.717, 1.165) is 4.90 Å². The molecule has 2 aromatic carbocycles. The SMILES string of the molecule is O=C1C2C3NC(c4c(F)c(F)c(F)c(F)c43)C2C(=O)N1c1ccccc1. The second kappa shape index (κ2) is 4.91. The van der Waals surface area contributed by atoms with E-state index in [9.17, 15) is 27.2 Å². The van der Waals surface area contributed by atoms with Crippen molar-refractivity contribution in [3.8, 4) is 0 Å². The Labute approximate surface area is 144 Å². The Kier molecular flexibility index (Phi) is 2.93. The summed E-state index contributed by atoms with van der Waals surface area (Å²) < 4.78 is 55.8. The molecule has 2 fully saturated rings. The average molecular weight is 362 g/mol. The van der Waals surface area contributed by atoms with E-state index in [1.54, 1.807) is 30.3 Å². The van der Waals surface area contributed by atoms with Crippen molar-refractivity contribution in [2.24, 2.45) is 11.8 Å². The van der Waals surface area contributed by atoms with Crippen molar-refractivity contribution < 1.29 is 27.2 Å². The monoisotopic (exact) mass is 362 g/mol. The minimum absolute atomic E-state index is 0.346. The number of anilines is 1. The van der Waals surface area contributed by atoms with Gasteiger partial charge in [0.1, 0.15) is 0 Å². The molecular formula is C18H10F4N2O2. The third-order valence-electron chi connectivity index (χ3n) is 5.45. The predicted molar refractivity (Wildman–Crippen MR) is 80.8 cm³/mol. The Hall–Kier alpha value is -2.74. The van der Waals surface area contributed by atoms with Gasteiger partial charge in [0.25, 0.3) is 0 Å². The maximum absolute atomic E-state index is 14.3. The molecule has 8 heteroatoms. The third kappa shape index (κ3) is 1.63. The molecule has 4 unspecified atom stereocenters. The van der Waals surface area contributed by atoms with Gasteiger partial charge in [-0.3, -0.25) is 9.59 Å². The molecule has 0 saturated carbocycles. The summed E-state index contributed by atoms with van der Waals surface area (Å²) in [7, 11) is 0. The molecule has 1 N–H and O–H groups in total. The van der Waals surface area contributed by atoms with Crippen LogP contribution < -0.4 is 10.2 Å². The second-order valence-electron chi connectivity index (χ2n) is 6.60. The highest BCUT2D eigenvalue weighted by Crippen LogP contribution is 2.58. The second-order valence-corrected chi connectivity index (χ2v) is 6.60. The van der Waals surface area contributed by atoms with E-state index < -0.39 is 70.1 Å². The highest BCUT2D eigenvalue weighted by molar-refractivity contribution is 6.23. The number of halogens is 4. The minimum Gasteiger partial charge on any atom is -0.301 e. The van der Waals surface area contributed by atoms with Gasteiger partial charge in [0, 0.05) is 23.2 Å². The molecule has 2 saturated heterocycles. The maximum atomic E-state index is 14.3. The van der Waals surface area contributed by atoms with Crippen LogP contribution in [0, 0.1) is 35.1 Å². The zero-order valence-corrected chi connectivity index (χ0v) is 13.0. The first kappa shape index (κ1) is 15.5. The maximum Gasteiger partial charge on any atom is 0.239 e. The standard InChI is InChI=1S/C18H10F4N2O2/c19-11-7-8(12(20)14(22)13(11)21)16-10-9(15(7)23-16)17(25)24(18(10)26)6-4-2-1-3-5-6/h1-5,9-10,15-16,23H. The van der Waals surface area contributed by atoms with Crippen molar-refractivity contribution in [2.45, 2.75) is 12.1 Å². The molecule has 0 radical (unpaired) electrons. The summed E-state index contributed by atoms with van der Waals surface area (Å²) in [5.41, 5.74) is -0.453. The fourth-order valence-corrected chi connectivity index (χ4v) is 4.45. The molecule has 3 aliphatic heterocycles. The molecule has 2 aromatic rings. The number of nitrogens with one attached hydrogen (secondary N) is 1. The molecular weight excluding hydrogens is 352 g/mol. The molecule has 5 rings (SSSR count). The van der Waals surface area contributed by atoms with Crippen LogP contribution in [0.4, 0.5) is 23.2 Å². The molecule has 3 aliphatic rings. The number of rotatable bonds is 1. The highest BCUT2D eigenvalue weighted by Gasteiger charge is 2.65. The van der Waals surface area contributed by atoms with Gasteiger partial charge in [0.15, 0.2) is 23.3 Å². The number of hydrogen-bond acceptors (Lipinski definition) is 3. The van der Waals surface area contributed by atoms with Gasteiger partial charge in [-0.25, -0.2) is 22.5 Å². The van der Waals surface area contributed by atoms with Gasteiger partial charge < -0.3 is 5.32 Å². The number of benzene rings is 2. The minimum atomic E-state index is -1.91. The largest absolute Gasteiger partial charge is 0.301 e. The molecule has 2 bridgehead atoms. The molecule has 0 spiro atoms. The highest BCUT2D eigenvalue weighted by atomic mass is 19.2. The average Bonchev–Trinajstić information content (AvgIpc) is 3.28. The van der Waals surface area contributed by atoms with Crippen LogP contribution in [0.3, 0.4) is 0 Å². The summed E-state index contributed by atoms with van der Waals surface area (Å²) in [4.78, 5) is 26.6. The van der Waals surface area contributed by atoms with Gasteiger partial charge in [0.2, 0.25) is 11.8 Å². The van der Waals surface area contributed by atoms with E-state index in [1.165, 1.54) is 0 Å². The van der Waals surface area contributed by atoms with Crippen molar-refractivity contribution in [3.05, 3.63) is 64.7 Å². The predicted octanol–water partition coefficient (Wildman–Crippen LogP) is 2.75. The van der Waals surface area contributed by atoms with Gasteiger partial charge in [0.05, 0.1) is 17.5 Å². The summed E-state index contributed by atoms with van der Waals surface area (Å²) in [5, 5.41) is 2.78. The normalized spacial score (nSPS) is 28.7. The summed E-state index contributed by atoms with van der Waals surface area (Å²) in [6.07, 6.45) is 0. The van der Waals surface area contributed by atoms with E-state index in [4.69, 9.17) is 0 Å². The fourth-order valence-electron chi connectivity index (χ4n) is 4.45. The molecule has 4 nitrogen and oxygen atoms in total. The summed E-state index contributed by atoms with van der Waals surface area (Å²) in [6, 6.07) is 6.00. The number of para-hydroxylation sites is 1. The van der Waals surface area contributed by atoms with E-state index in [-0.39, 0.29) is 0 Å². The first-order chi connectivity index (χ1) is 12.4. The molecule has 2 amide bonds. The van der Waals surface area contributed by atoms with Crippen LogP contribution in [0.5, 0.6) is 0 Å². The van der Waals surface area contributed by atoms with Crippen LogP contribution >= 0.6 is 0 Å². The Morgan fingerprint density at radius 2 is 1.19 bits per heavy atom. The van der Waals surface area contributed by atoms with Gasteiger partial charge in [-0.15, -0.1) is 0 Å². The van der Waals surface area contributed by atoms with Gasteiger partial charge in [-0.05, 0) is 12.1 Å². The van der Waals surface area contributed by atoms with Crippen LogP contribution in [0.25, 0.3) is 0 Å². The number of hydrogen-bond donors (Lipinski definition) is 1. The topological polar surface area (TPSA) is 49.4 Å². The van der Waals surface area contributed by atoms with Crippen molar-refractivity contribution in [1.29, 1.82) is 0 Å². The van der Waals surface area contributed by atoms with Crippen LogP contribution in [0.2, 0.25) is 0 Å². The number of amides is 2. The van der Waals surface area contributed by atoms with E-state index >= 15 is 0 Å². The number of fused-ring (bicyclic) bond motifs is 8. The van der Waals surface area contributed by atoms with Gasteiger partial charge in [-0.2, -0.15) is 0 Å². The zero-order valence-electron chi connectivity index (χ0n) is 13.0. The van der Waals surface area contributed by atoms with E-state index in [0.29, 0.717) is 5.69 Å². The first-order valence-corrected chi connectivity index (χ1v) is 7.98. The molecule has 132 valence electrons. The Morgan fingerprint density at radius 1 is 0.731 bits per heavy atom. The van der Waals surface area contributed by atoms with E-state index in [2.05, 4.69) is 5.32 Å². The van der Waals surface area contributed by atoms with Crippen LogP contribution in [0.1, 0.15) is 23.2 Å². The van der Waals surface area contributed by atoms with Crippen molar-refractivity contribution >= 4 is 17.5 Å². The lowest BCUT2D eigenvalue weighted by atomic mass is 9.76. The molecule has 3 heterocycles. The summed E-state index contributed by atoms with van der Waals surface area (Å²) in [5.74, 6) is -9.97. The van der Waals surface area contributed by atoms with Gasteiger partial charge >= 0.3 is 0 Å². The number of nitrogens with zero attached hydrogens (tertiary/aromatic N) is 1. The first-order valence-electron chi connectivity index (χ1n) is 7.98. The van der Waals surface area contributed by atoms with E-state index in [1.807, 2.05) is 0 Å². The van der Waals surface area contributed by atoms with Crippen molar-refractivity contribution in [1.82, 2.24) is 5.32 Å². The Morgan fingerprint density at radius 3 is 1.65 bits per heavy atom. The lowest BCUT2D eigenvalue weighted by Crippen LogP contribution is -2.34.